The van der Waals surface area contributed by atoms with E-state index in [-0.39, 0.29) is 38.4 Å². The number of rotatable bonds is 6. The molecule has 0 saturated heterocycles. The molecule has 1 amide bonds. The van der Waals surface area contributed by atoms with Gasteiger partial charge in [0.2, 0.25) is 16.5 Å². The standard InChI is InChI=1S/C16H10Cl2N6O5S/c17-14-21-15(18)23-16(22-14)20-9-3-1-2-4-11(9)30(28,29)24-12(25)10-7-8(13(26)27)5-6-19-10/h1-7H,(H,24,25)(H,26,27)(H,20,21,22,23). The molecule has 30 heavy (non-hydrogen) atoms. The monoisotopic (exact) mass is 468 g/mol. The molecule has 0 bridgehead atoms. The number of carboxylic acid groups (broad SMARTS) is 1. The van der Waals surface area contributed by atoms with Crippen LogP contribution in [0.1, 0.15) is 20.8 Å². The molecule has 0 saturated carbocycles. The van der Waals surface area contributed by atoms with Crippen molar-refractivity contribution >= 4 is 56.7 Å². The number of aromatic nitrogens is 4. The lowest BCUT2D eigenvalue weighted by Crippen LogP contribution is -2.31. The number of hydrogen-bond donors (Lipinski definition) is 3. The molecular weight excluding hydrogens is 459 g/mol. The Labute approximate surface area is 179 Å². The number of nitrogens with one attached hydrogen (secondary N) is 2. The largest absolute Gasteiger partial charge is 0.478 e. The van der Waals surface area contributed by atoms with E-state index in [0.717, 1.165) is 18.3 Å². The van der Waals surface area contributed by atoms with Crippen molar-refractivity contribution in [3.05, 3.63) is 64.4 Å². The number of carboxylic acids is 1. The van der Waals surface area contributed by atoms with E-state index in [1.807, 2.05) is 4.72 Å². The average Bonchev–Trinajstić information content (AvgIpc) is 2.67. The van der Waals surface area contributed by atoms with Crippen molar-refractivity contribution in [2.24, 2.45) is 0 Å². The van der Waals surface area contributed by atoms with Gasteiger partial charge in [0.05, 0.1) is 11.3 Å². The Bertz CT molecular complexity index is 1230. The van der Waals surface area contributed by atoms with Crippen LogP contribution >= 0.6 is 23.2 Å². The van der Waals surface area contributed by atoms with Gasteiger partial charge in [-0.15, -0.1) is 0 Å². The Morgan fingerprint density at radius 1 is 1.00 bits per heavy atom. The third kappa shape index (κ3) is 4.97. The summed E-state index contributed by atoms with van der Waals surface area (Å²) in [7, 11) is -4.40. The van der Waals surface area contributed by atoms with E-state index in [1.165, 1.54) is 24.3 Å². The highest BCUT2D eigenvalue weighted by Gasteiger charge is 2.23. The summed E-state index contributed by atoms with van der Waals surface area (Å²) in [4.78, 5) is 37.9. The molecule has 3 N–H and O–H groups in total. The molecule has 3 aromatic rings. The van der Waals surface area contributed by atoms with Crippen LogP contribution in [-0.4, -0.2) is 45.3 Å². The summed E-state index contributed by atoms with van der Waals surface area (Å²) in [5.41, 5.74) is -0.596. The number of hydrogen-bond acceptors (Lipinski definition) is 9. The Morgan fingerprint density at radius 3 is 2.33 bits per heavy atom. The highest BCUT2D eigenvalue weighted by molar-refractivity contribution is 7.90. The molecule has 0 fully saturated rings. The van der Waals surface area contributed by atoms with Gasteiger partial charge in [0, 0.05) is 6.20 Å². The number of anilines is 2. The highest BCUT2D eigenvalue weighted by Crippen LogP contribution is 2.24. The van der Waals surface area contributed by atoms with Crippen LogP contribution in [0, 0.1) is 0 Å². The molecule has 2 heterocycles. The van der Waals surface area contributed by atoms with Crippen molar-refractivity contribution in [3.8, 4) is 0 Å². The third-order valence-corrected chi connectivity index (χ3v) is 5.20. The topological polar surface area (TPSA) is 164 Å². The zero-order valence-electron chi connectivity index (χ0n) is 14.6. The first-order valence-corrected chi connectivity index (χ1v) is 10.1. The summed E-state index contributed by atoms with van der Waals surface area (Å²) >= 11 is 11.4. The number of halogens is 2. The Morgan fingerprint density at radius 2 is 1.67 bits per heavy atom. The number of carbonyl (C=O) groups excluding carboxylic acids is 1. The summed E-state index contributed by atoms with van der Waals surface area (Å²) in [6.07, 6.45) is 1.08. The summed E-state index contributed by atoms with van der Waals surface area (Å²) in [5, 5.41) is 11.2. The first kappa shape index (κ1) is 21.4. The molecule has 0 spiro atoms. The smallest absolute Gasteiger partial charge is 0.335 e. The van der Waals surface area contributed by atoms with E-state index in [4.69, 9.17) is 28.3 Å². The van der Waals surface area contributed by atoms with Crippen LogP contribution in [0.5, 0.6) is 0 Å². The molecule has 154 valence electrons. The highest BCUT2D eigenvalue weighted by atomic mass is 35.5. The second kappa shape index (κ2) is 8.57. The Kier molecular flexibility index (Phi) is 6.10. The molecule has 1 aromatic carbocycles. The molecule has 3 rings (SSSR count). The van der Waals surface area contributed by atoms with Crippen LogP contribution in [0.2, 0.25) is 10.6 Å². The maximum Gasteiger partial charge on any atom is 0.335 e. The van der Waals surface area contributed by atoms with E-state index < -0.39 is 21.9 Å². The molecule has 0 radical (unpaired) electrons. The van der Waals surface area contributed by atoms with Crippen LogP contribution in [-0.2, 0) is 10.0 Å². The summed E-state index contributed by atoms with van der Waals surface area (Å²) in [6, 6.07) is 7.70. The van der Waals surface area contributed by atoms with E-state index >= 15 is 0 Å². The second-order valence-electron chi connectivity index (χ2n) is 5.49. The predicted molar refractivity (Wildman–Crippen MR) is 105 cm³/mol. The number of aromatic carboxylic acids is 1. The second-order valence-corrected chi connectivity index (χ2v) is 7.81. The van der Waals surface area contributed by atoms with Crippen molar-refractivity contribution in [2.45, 2.75) is 4.90 Å². The first-order valence-electron chi connectivity index (χ1n) is 7.85. The third-order valence-electron chi connectivity index (χ3n) is 3.47. The number of benzene rings is 1. The van der Waals surface area contributed by atoms with Gasteiger partial charge in [-0.05, 0) is 47.5 Å². The Hall–Kier alpha value is -3.35. The SMILES string of the molecule is O=C(O)c1ccnc(C(=O)NS(=O)(=O)c2ccccc2Nc2nc(Cl)nc(Cl)n2)c1. The van der Waals surface area contributed by atoms with Gasteiger partial charge in [-0.3, -0.25) is 9.78 Å². The maximum absolute atomic E-state index is 12.8. The van der Waals surface area contributed by atoms with Crippen molar-refractivity contribution in [3.63, 3.8) is 0 Å². The van der Waals surface area contributed by atoms with Crippen molar-refractivity contribution in [1.29, 1.82) is 0 Å². The van der Waals surface area contributed by atoms with Crippen LogP contribution in [0.15, 0.2) is 47.5 Å². The molecule has 0 atom stereocenters. The minimum Gasteiger partial charge on any atom is -0.478 e. The lowest BCUT2D eigenvalue weighted by atomic mass is 10.2. The normalized spacial score (nSPS) is 11.0. The van der Waals surface area contributed by atoms with Gasteiger partial charge in [0.15, 0.2) is 0 Å². The number of para-hydroxylation sites is 1. The van der Waals surface area contributed by atoms with Crippen LogP contribution in [0.3, 0.4) is 0 Å². The molecular formula is C16H10Cl2N6O5S. The van der Waals surface area contributed by atoms with E-state index in [2.05, 4.69) is 25.3 Å². The first-order chi connectivity index (χ1) is 14.2. The Balaban J connectivity index is 1.90. The fourth-order valence-electron chi connectivity index (χ4n) is 2.22. The van der Waals surface area contributed by atoms with Crippen LogP contribution in [0.4, 0.5) is 11.6 Å². The van der Waals surface area contributed by atoms with Gasteiger partial charge in [-0.25, -0.2) is 17.9 Å². The van der Waals surface area contributed by atoms with Crippen molar-refractivity contribution in [2.75, 3.05) is 5.32 Å². The molecule has 0 aliphatic heterocycles. The summed E-state index contributed by atoms with van der Waals surface area (Å²) in [6.45, 7) is 0. The fourth-order valence-corrected chi connectivity index (χ4v) is 3.71. The van der Waals surface area contributed by atoms with Crippen molar-refractivity contribution < 1.29 is 23.1 Å². The number of pyridine rings is 1. The average molecular weight is 469 g/mol. The van der Waals surface area contributed by atoms with Gasteiger partial charge in [0.1, 0.15) is 10.6 Å². The number of nitrogens with zero attached hydrogens (tertiary/aromatic N) is 4. The van der Waals surface area contributed by atoms with Gasteiger partial charge in [0.25, 0.3) is 15.9 Å². The lowest BCUT2D eigenvalue weighted by Gasteiger charge is -2.12. The number of carbonyl (C=O) groups is 2. The van der Waals surface area contributed by atoms with Gasteiger partial charge < -0.3 is 10.4 Å². The quantitative estimate of drug-likeness (QED) is 0.487. The zero-order valence-corrected chi connectivity index (χ0v) is 16.9. The number of sulfonamides is 1. The van der Waals surface area contributed by atoms with Gasteiger partial charge in [-0.2, -0.15) is 15.0 Å². The number of amides is 1. The molecule has 0 aliphatic carbocycles. The van der Waals surface area contributed by atoms with Gasteiger partial charge in [-0.1, -0.05) is 12.1 Å². The lowest BCUT2D eigenvalue weighted by molar-refractivity contribution is 0.0696. The summed E-state index contributed by atoms with van der Waals surface area (Å²) < 4.78 is 27.4. The summed E-state index contributed by atoms with van der Waals surface area (Å²) in [5.74, 6) is -2.53. The minimum atomic E-state index is -4.40. The molecule has 2 aromatic heterocycles. The van der Waals surface area contributed by atoms with E-state index in [0.29, 0.717) is 0 Å². The van der Waals surface area contributed by atoms with E-state index in [9.17, 15) is 18.0 Å². The minimum absolute atomic E-state index is 0.0170. The zero-order chi connectivity index (χ0) is 21.9. The maximum atomic E-state index is 12.8. The molecule has 14 heteroatoms. The van der Waals surface area contributed by atoms with Crippen molar-refractivity contribution in [1.82, 2.24) is 24.7 Å². The van der Waals surface area contributed by atoms with Crippen LogP contribution in [0.25, 0.3) is 0 Å². The molecule has 0 aliphatic rings. The fraction of sp³-hybridized carbons (Fsp3) is 0. The van der Waals surface area contributed by atoms with Gasteiger partial charge >= 0.3 is 5.97 Å². The molecule has 0 unspecified atom stereocenters. The molecule has 11 nitrogen and oxygen atoms in total. The van der Waals surface area contributed by atoms with E-state index in [1.54, 1.807) is 0 Å². The van der Waals surface area contributed by atoms with Crippen LogP contribution < -0.4 is 10.0 Å². The predicted octanol–water partition coefficient (Wildman–Crippen LogP) is 2.13.